The minimum Gasteiger partial charge on any atom is -0.399 e. The SMILES string of the molecule is CC(Nc1ncc([N+](=O)[O-])cc1Br)c1ccc(N)cc1. The van der Waals surface area contributed by atoms with E-state index in [1.165, 1.54) is 12.3 Å². The van der Waals surface area contributed by atoms with E-state index in [-0.39, 0.29) is 11.7 Å². The molecule has 0 saturated carbocycles. The van der Waals surface area contributed by atoms with Crippen molar-refractivity contribution in [3.05, 3.63) is 56.7 Å². The van der Waals surface area contributed by atoms with Gasteiger partial charge in [-0.05, 0) is 40.5 Å². The van der Waals surface area contributed by atoms with Crippen LogP contribution in [-0.2, 0) is 0 Å². The monoisotopic (exact) mass is 336 g/mol. The van der Waals surface area contributed by atoms with Crippen LogP contribution in [0.1, 0.15) is 18.5 Å². The molecular weight excluding hydrogens is 324 g/mol. The predicted octanol–water partition coefficient (Wildman–Crippen LogP) is 3.51. The van der Waals surface area contributed by atoms with Crippen LogP contribution in [0.25, 0.3) is 0 Å². The van der Waals surface area contributed by atoms with E-state index in [1.807, 2.05) is 31.2 Å². The van der Waals surface area contributed by atoms with E-state index in [0.29, 0.717) is 16.0 Å². The molecule has 2 aromatic rings. The van der Waals surface area contributed by atoms with Gasteiger partial charge in [0, 0.05) is 17.8 Å². The van der Waals surface area contributed by atoms with Crippen LogP contribution >= 0.6 is 15.9 Å². The van der Waals surface area contributed by atoms with Crippen molar-refractivity contribution in [1.29, 1.82) is 0 Å². The lowest BCUT2D eigenvalue weighted by Crippen LogP contribution is -2.08. The number of nitrogens with one attached hydrogen (secondary N) is 1. The van der Waals surface area contributed by atoms with Crippen LogP contribution in [0.2, 0.25) is 0 Å². The number of nitrogens with two attached hydrogens (primary N) is 1. The Bertz CT molecular complexity index is 631. The highest BCUT2D eigenvalue weighted by Gasteiger charge is 2.13. The van der Waals surface area contributed by atoms with Gasteiger partial charge >= 0.3 is 0 Å². The van der Waals surface area contributed by atoms with Crippen molar-refractivity contribution in [3.63, 3.8) is 0 Å². The van der Waals surface area contributed by atoms with Gasteiger partial charge in [0.05, 0.1) is 9.40 Å². The van der Waals surface area contributed by atoms with Crippen molar-refractivity contribution < 1.29 is 4.92 Å². The first kappa shape index (κ1) is 14.3. The predicted molar refractivity (Wildman–Crippen MR) is 81.5 cm³/mol. The number of pyridine rings is 1. The van der Waals surface area contributed by atoms with Crippen molar-refractivity contribution in [2.24, 2.45) is 0 Å². The summed E-state index contributed by atoms with van der Waals surface area (Å²) in [4.78, 5) is 14.2. The van der Waals surface area contributed by atoms with Gasteiger partial charge in [0.1, 0.15) is 12.0 Å². The Morgan fingerprint density at radius 3 is 2.60 bits per heavy atom. The Hall–Kier alpha value is -2.15. The molecular formula is C13H13BrN4O2. The van der Waals surface area contributed by atoms with Gasteiger partial charge in [0.15, 0.2) is 0 Å². The van der Waals surface area contributed by atoms with Crippen LogP contribution in [0.5, 0.6) is 0 Å². The first-order valence-corrected chi connectivity index (χ1v) is 6.68. The molecule has 1 atom stereocenters. The fourth-order valence-electron chi connectivity index (χ4n) is 1.71. The lowest BCUT2D eigenvalue weighted by molar-refractivity contribution is -0.385. The molecule has 6 nitrogen and oxygen atoms in total. The molecule has 2 rings (SSSR count). The number of nitro groups is 1. The third kappa shape index (κ3) is 3.24. The van der Waals surface area contributed by atoms with Gasteiger partial charge < -0.3 is 11.1 Å². The van der Waals surface area contributed by atoms with Crippen molar-refractivity contribution in [2.45, 2.75) is 13.0 Å². The number of hydrogen-bond acceptors (Lipinski definition) is 5. The average Bonchev–Trinajstić information content (AvgIpc) is 2.41. The molecule has 7 heteroatoms. The van der Waals surface area contributed by atoms with E-state index in [9.17, 15) is 10.1 Å². The maximum Gasteiger partial charge on any atom is 0.288 e. The molecule has 1 aromatic heterocycles. The number of hydrogen-bond donors (Lipinski definition) is 2. The second kappa shape index (κ2) is 5.87. The van der Waals surface area contributed by atoms with E-state index in [4.69, 9.17) is 5.73 Å². The normalized spacial score (nSPS) is 11.9. The Balaban J connectivity index is 2.17. The molecule has 0 radical (unpaired) electrons. The Kier molecular flexibility index (Phi) is 4.19. The zero-order valence-electron chi connectivity index (χ0n) is 10.7. The average molecular weight is 337 g/mol. The summed E-state index contributed by atoms with van der Waals surface area (Å²) >= 11 is 3.28. The molecule has 0 aliphatic rings. The maximum atomic E-state index is 10.7. The molecule has 104 valence electrons. The number of nitrogens with zero attached hydrogens (tertiary/aromatic N) is 2. The number of aromatic nitrogens is 1. The van der Waals surface area contributed by atoms with Crippen molar-refractivity contribution in [2.75, 3.05) is 11.1 Å². The van der Waals surface area contributed by atoms with Gasteiger partial charge in [-0.3, -0.25) is 10.1 Å². The summed E-state index contributed by atoms with van der Waals surface area (Å²) in [5, 5.41) is 13.8. The summed E-state index contributed by atoms with van der Waals surface area (Å²) in [6.07, 6.45) is 1.22. The summed E-state index contributed by atoms with van der Waals surface area (Å²) in [7, 11) is 0. The number of nitrogen functional groups attached to an aromatic ring is 1. The molecule has 1 unspecified atom stereocenters. The van der Waals surface area contributed by atoms with E-state index >= 15 is 0 Å². The summed E-state index contributed by atoms with van der Waals surface area (Å²) < 4.78 is 0.550. The zero-order chi connectivity index (χ0) is 14.7. The summed E-state index contributed by atoms with van der Waals surface area (Å²) in [5.41, 5.74) is 7.34. The molecule has 3 N–H and O–H groups in total. The van der Waals surface area contributed by atoms with E-state index in [0.717, 1.165) is 5.56 Å². The third-order valence-corrected chi connectivity index (χ3v) is 3.43. The Labute approximate surface area is 124 Å². The standard InChI is InChI=1S/C13H13BrN4O2/c1-8(9-2-4-10(15)5-3-9)17-13-12(14)6-11(7-16-13)18(19)20/h2-8H,15H2,1H3,(H,16,17). The van der Waals surface area contributed by atoms with Gasteiger partial charge in [0.25, 0.3) is 5.69 Å². The van der Waals surface area contributed by atoms with Crippen molar-refractivity contribution in [3.8, 4) is 0 Å². The van der Waals surface area contributed by atoms with Crippen LogP contribution in [0.15, 0.2) is 41.0 Å². The van der Waals surface area contributed by atoms with Gasteiger partial charge in [-0.2, -0.15) is 0 Å². The fourth-order valence-corrected chi connectivity index (χ4v) is 2.16. The Morgan fingerprint density at radius 1 is 1.40 bits per heavy atom. The molecule has 0 spiro atoms. The van der Waals surface area contributed by atoms with Gasteiger partial charge in [-0.25, -0.2) is 4.98 Å². The molecule has 0 aliphatic carbocycles. The summed E-state index contributed by atoms with van der Waals surface area (Å²) in [5.74, 6) is 0.555. The van der Waals surface area contributed by atoms with Crippen LogP contribution in [0, 0.1) is 10.1 Å². The highest BCUT2D eigenvalue weighted by atomic mass is 79.9. The molecule has 1 aromatic carbocycles. The van der Waals surface area contributed by atoms with E-state index < -0.39 is 4.92 Å². The number of rotatable bonds is 4. The minimum absolute atomic E-state index is 0.000793. The lowest BCUT2D eigenvalue weighted by Gasteiger charge is -2.16. The van der Waals surface area contributed by atoms with E-state index in [1.54, 1.807) is 0 Å². The second-order valence-corrected chi connectivity index (χ2v) is 5.17. The largest absolute Gasteiger partial charge is 0.399 e. The van der Waals surface area contributed by atoms with Gasteiger partial charge in [0.2, 0.25) is 0 Å². The second-order valence-electron chi connectivity index (χ2n) is 4.31. The van der Waals surface area contributed by atoms with Gasteiger partial charge in [-0.15, -0.1) is 0 Å². The highest BCUT2D eigenvalue weighted by molar-refractivity contribution is 9.10. The summed E-state index contributed by atoms with van der Waals surface area (Å²) in [6, 6.07) is 8.92. The number of anilines is 2. The molecule has 0 fully saturated rings. The highest BCUT2D eigenvalue weighted by Crippen LogP contribution is 2.27. The first-order chi connectivity index (χ1) is 9.47. The molecule has 0 aliphatic heterocycles. The molecule has 20 heavy (non-hydrogen) atoms. The molecule has 1 heterocycles. The topological polar surface area (TPSA) is 94.1 Å². The van der Waals surface area contributed by atoms with Crippen LogP contribution in [0.3, 0.4) is 0 Å². The molecule has 0 amide bonds. The van der Waals surface area contributed by atoms with Crippen LogP contribution < -0.4 is 11.1 Å². The van der Waals surface area contributed by atoms with Crippen LogP contribution in [-0.4, -0.2) is 9.91 Å². The van der Waals surface area contributed by atoms with Crippen molar-refractivity contribution >= 4 is 33.1 Å². The zero-order valence-corrected chi connectivity index (χ0v) is 12.3. The summed E-state index contributed by atoms with van der Waals surface area (Å²) in [6.45, 7) is 1.97. The number of benzene rings is 1. The third-order valence-electron chi connectivity index (χ3n) is 2.83. The van der Waals surface area contributed by atoms with Gasteiger partial charge in [-0.1, -0.05) is 12.1 Å². The molecule has 0 saturated heterocycles. The minimum atomic E-state index is -0.481. The first-order valence-electron chi connectivity index (χ1n) is 5.89. The van der Waals surface area contributed by atoms with E-state index in [2.05, 4.69) is 26.2 Å². The number of halogens is 1. The fraction of sp³-hybridized carbons (Fsp3) is 0.154. The quantitative estimate of drug-likeness (QED) is 0.506. The smallest absolute Gasteiger partial charge is 0.288 e. The lowest BCUT2D eigenvalue weighted by atomic mass is 10.1. The van der Waals surface area contributed by atoms with Crippen molar-refractivity contribution in [1.82, 2.24) is 4.98 Å². The Morgan fingerprint density at radius 2 is 2.05 bits per heavy atom. The van der Waals surface area contributed by atoms with Crippen LogP contribution in [0.4, 0.5) is 17.2 Å². The maximum absolute atomic E-state index is 10.7. The molecule has 0 bridgehead atoms.